The maximum atomic E-state index is 13.4. The molecule has 2 aromatic heterocycles. The lowest BCUT2D eigenvalue weighted by atomic mass is 10.0. The molecule has 2 atom stereocenters. The molecule has 0 saturated carbocycles. The van der Waals surface area contributed by atoms with Crippen molar-refractivity contribution in [1.29, 1.82) is 0 Å². The lowest BCUT2D eigenvalue weighted by Gasteiger charge is -2.20. The second-order valence-electron chi connectivity index (χ2n) is 7.28. The highest BCUT2D eigenvalue weighted by Gasteiger charge is 2.18. The normalized spacial score (nSPS) is 12.9. The molecule has 4 aromatic rings. The molecular formula is C23H23FN6O. The predicted molar refractivity (Wildman–Crippen MR) is 117 cm³/mol. The van der Waals surface area contributed by atoms with Crippen LogP contribution in [-0.2, 0) is 11.8 Å². The maximum Gasteiger partial charge on any atom is 0.248 e. The van der Waals surface area contributed by atoms with Gasteiger partial charge in [0.1, 0.15) is 11.9 Å². The van der Waals surface area contributed by atoms with Crippen molar-refractivity contribution >= 4 is 17.3 Å². The van der Waals surface area contributed by atoms with Crippen molar-refractivity contribution in [3.8, 4) is 0 Å². The minimum absolute atomic E-state index is 0.166. The van der Waals surface area contributed by atoms with Crippen molar-refractivity contribution in [2.45, 2.75) is 19.0 Å². The number of benzene rings is 2. The van der Waals surface area contributed by atoms with Crippen LogP contribution in [0.1, 0.15) is 30.3 Å². The lowest BCUT2D eigenvalue weighted by molar-refractivity contribution is -0.119. The molecule has 2 heterocycles. The van der Waals surface area contributed by atoms with Gasteiger partial charge in [0.25, 0.3) is 0 Å². The quantitative estimate of drug-likeness (QED) is 0.473. The Labute approximate surface area is 179 Å². The summed E-state index contributed by atoms with van der Waals surface area (Å²) in [6.45, 7) is 1.79. The van der Waals surface area contributed by atoms with E-state index in [1.165, 1.54) is 12.1 Å². The van der Waals surface area contributed by atoms with Gasteiger partial charge in [-0.1, -0.05) is 18.2 Å². The number of carbonyl (C=O) groups is 1. The first-order chi connectivity index (χ1) is 15.0. The van der Waals surface area contributed by atoms with Crippen LogP contribution in [-0.4, -0.2) is 25.5 Å². The monoisotopic (exact) mass is 418 g/mol. The molecule has 7 nitrogen and oxygen atoms in total. The molecule has 2 aromatic carbocycles. The van der Waals surface area contributed by atoms with Gasteiger partial charge in [0.2, 0.25) is 5.91 Å². The average Bonchev–Trinajstić information content (AvgIpc) is 3.44. The molecule has 0 aliphatic heterocycles. The van der Waals surface area contributed by atoms with E-state index in [0.29, 0.717) is 5.69 Å². The molecule has 31 heavy (non-hydrogen) atoms. The summed E-state index contributed by atoms with van der Waals surface area (Å²) in [5, 5.41) is 15.0. The Morgan fingerprint density at radius 3 is 2.48 bits per heavy atom. The van der Waals surface area contributed by atoms with E-state index in [0.717, 1.165) is 16.9 Å². The topological polar surface area (TPSA) is 76.8 Å². The number of rotatable bonds is 7. The summed E-state index contributed by atoms with van der Waals surface area (Å²) in [7, 11) is 1.85. The molecular weight excluding hydrogens is 395 g/mol. The molecule has 0 radical (unpaired) electrons. The van der Waals surface area contributed by atoms with Crippen LogP contribution in [0.3, 0.4) is 0 Å². The van der Waals surface area contributed by atoms with E-state index in [-0.39, 0.29) is 17.8 Å². The number of aromatic nitrogens is 4. The Kier molecular flexibility index (Phi) is 5.79. The van der Waals surface area contributed by atoms with Gasteiger partial charge in [-0.25, -0.2) is 4.39 Å². The van der Waals surface area contributed by atoms with E-state index in [4.69, 9.17) is 0 Å². The molecule has 2 N–H and O–H groups in total. The summed E-state index contributed by atoms with van der Waals surface area (Å²) in [5.74, 6) is -0.458. The van der Waals surface area contributed by atoms with Crippen LogP contribution in [0.5, 0.6) is 0 Å². The fourth-order valence-corrected chi connectivity index (χ4v) is 3.30. The van der Waals surface area contributed by atoms with Gasteiger partial charge in [-0.2, -0.15) is 10.2 Å². The molecule has 1 amide bonds. The molecule has 0 aliphatic rings. The highest BCUT2D eigenvalue weighted by molar-refractivity contribution is 5.93. The van der Waals surface area contributed by atoms with E-state index in [1.807, 2.05) is 43.6 Å². The summed E-state index contributed by atoms with van der Waals surface area (Å²) in [6, 6.07) is 16.8. The number of halogens is 1. The number of anilines is 2. The number of nitrogens with one attached hydrogen (secondary N) is 2. The first-order valence-corrected chi connectivity index (χ1v) is 9.91. The van der Waals surface area contributed by atoms with Crippen LogP contribution in [0.4, 0.5) is 15.8 Å². The van der Waals surface area contributed by atoms with Gasteiger partial charge in [-0.05, 0) is 55.0 Å². The number of hydrogen-bond donors (Lipinski definition) is 2. The van der Waals surface area contributed by atoms with Gasteiger partial charge in [0.15, 0.2) is 0 Å². The maximum absolute atomic E-state index is 13.4. The Morgan fingerprint density at radius 2 is 1.81 bits per heavy atom. The predicted octanol–water partition coefficient (Wildman–Crippen LogP) is 4.16. The van der Waals surface area contributed by atoms with Crippen LogP contribution in [0.25, 0.3) is 0 Å². The van der Waals surface area contributed by atoms with Crippen LogP contribution >= 0.6 is 0 Å². The molecule has 2 unspecified atom stereocenters. The Hall–Kier alpha value is -3.94. The van der Waals surface area contributed by atoms with Crippen LogP contribution in [0, 0.1) is 5.82 Å². The molecule has 4 rings (SSSR count). The zero-order valence-corrected chi connectivity index (χ0v) is 17.2. The van der Waals surface area contributed by atoms with Crippen molar-refractivity contribution < 1.29 is 9.18 Å². The standard InChI is InChI=1S/C23H23FN6O/c1-16(30-13-4-12-25-30)23(31)27-20-6-3-5-19(15-20)26-22(21-11-14-29(2)28-21)17-7-9-18(24)10-8-17/h3-16,22,26H,1-2H3,(H,27,31). The Morgan fingerprint density at radius 1 is 1.03 bits per heavy atom. The second-order valence-corrected chi connectivity index (χ2v) is 7.28. The zero-order chi connectivity index (χ0) is 21.8. The SMILES string of the molecule is CC(C(=O)Nc1cccc(NC(c2ccc(F)cc2)c2ccn(C)n2)c1)n1cccn1. The van der Waals surface area contributed by atoms with Gasteiger partial charge < -0.3 is 10.6 Å². The third kappa shape index (κ3) is 4.80. The summed E-state index contributed by atoms with van der Waals surface area (Å²) < 4.78 is 16.8. The van der Waals surface area contributed by atoms with E-state index in [2.05, 4.69) is 20.8 Å². The van der Waals surface area contributed by atoms with Gasteiger partial charge in [-0.3, -0.25) is 14.2 Å². The van der Waals surface area contributed by atoms with Crippen LogP contribution < -0.4 is 10.6 Å². The number of hydrogen-bond acceptors (Lipinski definition) is 4. The largest absolute Gasteiger partial charge is 0.373 e. The molecule has 0 fully saturated rings. The number of aryl methyl sites for hydroxylation is 1. The van der Waals surface area contributed by atoms with Crippen molar-refractivity contribution in [3.63, 3.8) is 0 Å². The average molecular weight is 418 g/mol. The van der Waals surface area contributed by atoms with E-state index in [1.54, 1.807) is 46.9 Å². The lowest BCUT2D eigenvalue weighted by Crippen LogP contribution is -2.24. The number of nitrogens with zero attached hydrogens (tertiary/aromatic N) is 4. The van der Waals surface area contributed by atoms with Crippen LogP contribution in [0.15, 0.2) is 79.3 Å². The molecule has 0 bridgehead atoms. The first kappa shape index (κ1) is 20.3. The molecule has 0 saturated heterocycles. The zero-order valence-electron chi connectivity index (χ0n) is 17.2. The van der Waals surface area contributed by atoms with Gasteiger partial charge >= 0.3 is 0 Å². The number of amides is 1. The van der Waals surface area contributed by atoms with Gasteiger partial charge in [0, 0.05) is 37.0 Å². The third-order valence-corrected chi connectivity index (χ3v) is 4.98. The third-order valence-electron chi connectivity index (χ3n) is 4.98. The summed E-state index contributed by atoms with van der Waals surface area (Å²) in [4.78, 5) is 12.6. The fraction of sp³-hybridized carbons (Fsp3) is 0.174. The molecule has 0 aliphatic carbocycles. The summed E-state index contributed by atoms with van der Waals surface area (Å²) in [6.07, 6.45) is 5.25. The van der Waals surface area contributed by atoms with E-state index in [9.17, 15) is 9.18 Å². The van der Waals surface area contributed by atoms with E-state index >= 15 is 0 Å². The minimum atomic E-state index is -0.438. The Balaban J connectivity index is 1.55. The highest BCUT2D eigenvalue weighted by atomic mass is 19.1. The summed E-state index contributed by atoms with van der Waals surface area (Å²) in [5.41, 5.74) is 3.13. The van der Waals surface area contributed by atoms with Crippen LogP contribution in [0.2, 0.25) is 0 Å². The van der Waals surface area contributed by atoms with Gasteiger partial charge in [0.05, 0.1) is 11.7 Å². The highest BCUT2D eigenvalue weighted by Crippen LogP contribution is 2.27. The molecule has 158 valence electrons. The van der Waals surface area contributed by atoms with E-state index < -0.39 is 6.04 Å². The first-order valence-electron chi connectivity index (χ1n) is 9.91. The Bertz CT molecular complexity index is 1150. The fourth-order valence-electron chi connectivity index (χ4n) is 3.30. The minimum Gasteiger partial charge on any atom is -0.373 e. The summed E-state index contributed by atoms with van der Waals surface area (Å²) >= 11 is 0. The van der Waals surface area contributed by atoms with Crippen molar-refractivity contribution in [2.24, 2.45) is 7.05 Å². The molecule has 8 heteroatoms. The second kappa shape index (κ2) is 8.83. The van der Waals surface area contributed by atoms with Crippen molar-refractivity contribution in [2.75, 3.05) is 10.6 Å². The van der Waals surface area contributed by atoms with Gasteiger partial charge in [-0.15, -0.1) is 0 Å². The number of carbonyl (C=O) groups excluding carboxylic acids is 1. The van der Waals surface area contributed by atoms with Crippen molar-refractivity contribution in [3.05, 3.63) is 96.3 Å². The molecule has 0 spiro atoms. The smallest absolute Gasteiger partial charge is 0.248 e. The van der Waals surface area contributed by atoms with Crippen molar-refractivity contribution in [1.82, 2.24) is 19.6 Å².